The molecule has 7 nitrogen and oxygen atoms in total. The Balaban J connectivity index is 1.37. The van der Waals surface area contributed by atoms with Crippen LogP contribution >= 0.6 is 11.3 Å². The molecule has 2 aromatic carbocycles. The highest BCUT2D eigenvalue weighted by atomic mass is 32.2. The molecule has 1 aliphatic carbocycles. The van der Waals surface area contributed by atoms with Crippen molar-refractivity contribution in [3.05, 3.63) is 65.7 Å². The standard InChI is InChI=1S/C20H19N3O4S2/c1-27-15-6-2-13(3-7-15)17-12-18(17)19(24)22-14-4-8-16(9-5-14)29(25,26)23-20-21-10-11-28-20/h2-11,17-18H,12H2,1H3,(H,21,23)(H,22,24). The van der Waals surface area contributed by atoms with Crippen molar-refractivity contribution in [2.75, 3.05) is 17.1 Å². The van der Waals surface area contributed by atoms with Gasteiger partial charge in [0.1, 0.15) is 5.75 Å². The third-order valence-corrected chi connectivity index (χ3v) is 6.93. The van der Waals surface area contributed by atoms with Crippen LogP contribution in [0.1, 0.15) is 17.9 Å². The van der Waals surface area contributed by atoms with Crippen molar-refractivity contribution in [3.63, 3.8) is 0 Å². The van der Waals surface area contributed by atoms with E-state index in [1.54, 1.807) is 24.6 Å². The van der Waals surface area contributed by atoms with Crippen molar-refractivity contribution in [2.24, 2.45) is 5.92 Å². The number of hydrogen-bond acceptors (Lipinski definition) is 6. The van der Waals surface area contributed by atoms with Gasteiger partial charge in [-0.25, -0.2) is 13.4 Å². The zero-order chi connectivity index (χ0) is 20.4. The predicted molar refractivity (Wildman–Crippen MR) is 112 cm³/mol. The molecule has 1 amide bonds. The Morgan fingerprint density at radius 3 is 2.48 bits per heavy atom. The summed E-state index contributed by atoms with van der Waals surface area (Å²) in [4.78, 5) is 16.5. The highest BCUT2D eigenvalue weighted by Gasteiger charge is 2.43. The number of anilines is 2. The minimum Gasteiger partial charge on any atom is -0.497 e. The predicted octanol–water partition coefficient (Wildman–Crippen LogP) is 3.69. The number of carbonyl (C=O) groups is 1. The molecule has 0 radical (unpaired) electrons. The maximum absolute atomic E-state index is 12.5. The van der Waals surface area contributed by atoms with Gasteiger partial charge in [-0.05, 0) is 54.3 Å². The number of sulfonamides is 1. The van der Waals surface area contributed by atoms with Gasteiger partial charge < -0.3 is 10.1 Å². The number of nitrogens with one attached hydrogen (secondary N) is 2. The summed E-state index contributed by atoms with van der Waals surface area (Å²) < 4.78 is 32.3. The van der Waals surface area contributed by atoms with Crippen LogP contribution in [0, 0.1) is 5.92 Å². The molecule has 1 saturated carbocycles. The first-order valence-corrected chi connectivity index (χ1v) is 11.3. The Labute approximate surface area is 172 Å². The number of ether oxygens (including phenoxy) is 1. The third-order valence-electron chi connectivity index (χ3n) is 4.76. The minimum absolute atomic E-state index is 0.0673. The molecular weight excluding hydrogens is 410 g/mol. The first-order chi connectivity index (χ1) is 14.0. The van der Waals surface area contributed by atoms with Gasteiger partial charge in [0.2, 0.25) is 5.91 Å². The number of aromatic nitrogens is 1. The average molecular weight is 430 g/mol. The van der Waals surface area contributed by atoms with E-state index < -0.39 is 10.0 Å². The molecule has 150 valence electrons. The quantitative estimate of drug-likeness (QED) is 0.597. The largest absolute Gasteiger partial charge is 0.497 e. The lowest BCUT2D eigenvalue weighted by Gasteiger charge is -2.08. The Kier molecular flexibility index (Phi) is 5.25. The zero-order valence-electron chi connectivity index (χ0n) is 15.5. The van der Waals surface area contributed by atoms with Crippen LogP contribution in [0.4, 0.5) is 10.8 Å². The van der Waals surface area contributed by atoms with Crippen molar-refractivity contribution in [2.45, 2.75) is 17.2 Å². The smallest absolute Gasteiger partial charge is 0.263 e. The molecule has 1 heterocycles. The maximum atomic E-state index is 12.5. The Bertz CT molecular complexity index is 1100. The van der Waals surface area contributed by atoms with E-state index in [9.17, 15) is 13.2 Å². The van der Waals surface area contributed by atoms with Crippen LogP contribution in [0.5, 0.6) is 5.75 Å². The number of benzene rings is 2. The Morgan fingerprint density at radius 1 is 1.14 bits per heavy atom. The van der Waals surface area contributed by atoms with Crippen molar-refractivity contribution >= 4 is 38.1 Å². The zero-order valence-corrected chi connectivity index (χ0v) is 17.2. The highest BCUT2D eigenvalue weighted by Crippen LogP contribution is 2.48. The molecule has 1 fully saturated rings. The minimum atomic E-state index is -3.71. The van der Waals surface area contributed by atoms with E-state index in [1.807, 2.05) is 24.3 Å². The maximum Gasteiger partial charge on any atom is 0.263 e. The number of thiazole rings is 1. The number of hydrogen-bond donors (Lipinski definition) is 2. The second-order valence-corrected chi connectivity index (χ2v) is 9.26. The molecule has 1 aromatic heterocycles. The molecule has 4 rings (SSSR count). The van der Waals surface area contributed by atoms with E-state index in [0.29, 0.717) is 10.8 Å². The van der Waals surface area contributed by atoms with Crippen LogP contribution in [0.15, 0.2) is 65.0 Å². The van der Waals surface area contributed by atoms with Crippen LogP contribution < -0.4 is 14.8 Å². The fourth-order valence-electron chi connectivity index (χ4n) is 3.10. The first-order valence-electron chi connectivity index (χ1n) is 8.93. The van der Waals surface area contributed by atoms with Gasteiger partial charge in [-0.1, -0.05) is 12.1 Å². The number of nitrogens with zero attached hydrogens (tertiary/aromatic N) is 1. The van der Waals surface area contributed by atoms with Gasteiger partial charge in [-0.15, -0.1) is 11.3 Å². The summed E-state index contributed by atoms with van der Waals surface area (Å²) in [5.41, 5.74) is 1.67. The molecular formula is C20H19N3O4S2. The summed E-state index contributed by atoms with van der Waals surface area (Å²) in [5.74, 6) is 0.832. The van der Waals surface area contributed by atoms with Gasteiger partial charge in [-0.2, -0.15) is 0 Å². The second-order valence-electron chi connectivity index (χ2n) is 6.68. The molecule has 9 heteroatoms. The highest BCUT2D eigenvalue weighted by molar-refractivity contribution is 7.93. The van der Waals surface area contributed by atoms with E-state index in [2.05, 4.69) is 15.0 Å². The molecule has 2 unspecified atom stereocenters. The van der Waals surface area contributed by atoms with Crippen molar-refractivity contribution in [3.8, 4) is 5.75 Å². The summed E-state index contributed by atoms with van der Waals surface area (Å²) in [6.45, 7) is 0. The van der Waals surface area contributed by atoms with Crippen LogP contribution in [0.2, 0.25) is 0 Å². The third kappa shape index (κ3) is 4.41. The normalized spacial score (nSPS) is 18.1. The first kappa shape index (κ1) is 19.4. The lowest BCUT2D eigenvalue weighted by Crippen LogP contribution is -2.15. The topological polar surface area (TPSA) is 97.4 Å². The van der Waals surface area contributed by atoms with E-state index in [4.69, 9.17) is 4.74 Å². The van der Waals surface area contributed by atoms with Gasteiger partial charge in [0, 0.05) is 23.2 Å². The Hall–Kier alpha value is -2.91. The molecule has 0 saturated heterocycles. The van der Waals surface area contributed by atoms with Crippen molar-refractivity contribution < 1.29 is 17.9 Å². The molecule has 2 N–H and O–H groups in total. The van der Waals surface area contributed by atoms with Crippen LogP contribution in [-0.2, 0) is 14.8 Å². The van der Waals surface area contributed by atoms with Crippen LogP contribution in [0.3, 0.4) is 0 Å². The number of amides is 1. The van der Waals surface area contributed by atoms with Gasteiger partial charge in [0.15, 0.2) is 5.13 Å². The summed E-state index contributed by atoms with van der Waals surface area (Å²) in [7, 11) is -2.09. The van der Waals surface area contributed by atoms with Gasteiger partial charge in [-0.3, -0.25) is 9.52 Å². The van der Waals surface area contributed by atoms with Crippen LogP contribution in [0.25, 0.3) is 0 Å². The van der Waals surface area contributed by atoms with E-state index in [1.165, 1.54) is 29.7 Å². The van der Waals surface area contributed by atoms with Gasteiger partial charge in [0.25, 0.3) is 10.0 Å². The fourth-order valence-corrected chi connectivity index (χ4v) is 4.89. The summed E-state index contributed by atoms with van der Waals surface area (Å²) in [6.07, 6.45) is 2.32. The number of methoxy groups -OCH3 is 1. The summed E-state index contributed by atoms with van der Waals surface area (Å²) in [5, 5.41) is 4.86. The number of carbonyl (C=O) groups excluding carboxylic acids is 1. The lowest BCUT2D eigenvalue weighted by atomic mass is 10.1. The molecule has 0 bridgehead atoms. The molecule has 1 aliphatic rings. The fraction of sp³-hybridized carbons (Fsp3) is 0.200. The van der Waals surface area contributed by atoms with Gasteiger partial charge in [0.05, 0.1) is 12.0 Å². The number of rotatable bonds is 7. The molecule has 3 aromatic rings. The second kappa shape index (κ2) is 7.84. The van der Waals surface area contributed by atoms with Crippen molar-refractivity contribution in [1.29, 1.82) is 0 Å². The van der Waals surface area contributed by atoms with Gasteiger partial charge >= 0.3 is 0 Å². The molecule has 0 spiro atoms. The lowest BCUT2D eigenvalue weighted by molar-refractivity contribution is -0.117. The van der Waals surface area contributed by atoms with Crippen LogP contribution in [-0.4, -0.2) is 26.4 Å². The monoisotopic (exact) mass is 429 g/mol. The summed E-state index contributed by atoms with van der Waals surface area (Å²) >= 11 is 1.20. The molecule has 29 heavy (non-hydrogen) atoms. The van der Waals surface area contributed by atoms with Crippen molar-refractivity contribution in [1.82, 2.24) is 4.98 Å². The van der Waals surface area contributed by atoms with E-state index in [-0.39, 0.29) is 22.6 Å². The summed E-state index contributed by atoms with van der Waals surface area (Å²) in [6, 6.07) is 13.8. The van der Waals surface area contributed by atoms with E-state index >= 15 is 0 Å². The Morgan fingerprint density at radius 2 is 1.86 bits per heavy atom. The molecule has 2 atom stereocenters. The molecule has 0 aliphatic heterocycles. The SMILES string of the molecule is COc1ccc(C2CC2C(=O)Nc2ccc(S(=O)(=O)Nc3nccs3)cc2)cc1. The van der Waals surface area contributed by atoms with E-state index in [0.717, 1.165) is 17.7 Å². The average Bonchev–Trinajstić information content (AvgIpc) is 3.38.